The van der Waals surface area contributed by atoms with E-state index in [1.54, 1.807) is 0 Å². The van der Waals surface area contributed by atoms with Crippen LogP contribution < -0.4 is 5.32 Å². The predicted octanol–water partition coefficient (Wildman–Crippen LogP) is 2.04. The number of rotatable bonds is 3. The molecule has 0 spiro atoms. The molecule has 0 heterocycles. The summed E-state index contributed by atoms with van der Waals surface area (Å²) in [6.45, 7) is 6.91. The highest BCUT2D eigenvalue weighted by atomic mass is 16.4. The molecule has 0 bridgehead atoms. The molecular weight excluding hydrogens is 218 g/mol. The third-order valence-electron chi connectivity index (χ3n) is 3.24. The van der Waals surface area contributed by atoms with Crippen molar-refractivity contribution in [1.29, 1.82) is 0 Å². The fourth-order valence-electron chi connectivity index (χ4n) is 2.10. The van der Waals surface area contributed by atoms with E-state index in [0.717, 1.165) is 0 Å². The van der Waals surface area contributed by atoms with E-state index in [1.165, 1.54) is 0 Å². The lowest BCUT2D eigenvalue weighted by molar-refractivity contribution is -0.144. The van der Waals surface area contributed by atoms with Crippen molar-refractivity contribution in [3.05, 3.63) is 0 Å². The van der Waals surface area contributed by atoms with Gasteiger partial charge in [-0.1, -0.05) is 20.8 Å². The van der Waals surface area contributed by atoms with Crippen molar-refractivity contribution < 1.29 is 14.7 Å². The van der Waals surface area contributed by atoms with Gasteiger partial charge in [0.05, 0.1) is 5.92 Å². The molecule has 17 heavy (non-hydrogen) atoms. The van der Waals surface area contributed by atoms with Crippen molar-refractivity contribution in [2.24, 2.45) is 17.3 Å². The van der Waals surface area contributed by atoms with E-state index < -0.39 is 5.97 Å². The maximum atomic E-state index is 11.9. The fraction of sp³-hybridized carbons (Fsp3) is 0.846. The van der Waals surface area contributed by atoms with Crippen LogP contribution in [-0.2, 0) is 9.59 Å². The number of nitrogens with one attached hydrogen (secondary N) is 1. The first-order chi connectivity index (χ1) is 7.79. The topological polar surface area (TPSA) is 66.4 Å². The fourth-order valence-corrected chi connectivity index (χ4v) is 2.10. The summed E-state index contributed by atoms with van der Waals surface area (Å²) in [7, 11) is 0. The largest absolute Gasteiger partial charge is 0.481 e. The number of aliphatic carboxylic acids is 1. The maximum Gasteiger partial charge on any atom is 0.306 e. The number of hydrogen-bond acceptors (Lipinski definition) is 2. The van der Waals surface area contributed by atoms with Gasteiger partial charge in [-0.3, -0.25) is 9.59 Å². The lowest BCUT2D eigenvalue weighted by atomic mass is 9.81. The van der Waals surface area contributed by atoms with Gasteiger partial charge in [0, 0.05) is 12.5 Å². The van der Waals surface area contributed by atoms with Gasteiger partial charge in [0.15, 0.2) is 0 Å². The lowest BCUT2D eigenvalue weighted by Gasteiger charge is -2.27. The predicted molar refractivity (Wildman–Crippen MR) is 65.5 cm³/mol. The highest BCUT2D eigenvalue weighted by Crippen LogP contribution is 2.29. The Balaban J connectivity index is 2.33. The summed E-state index contributed by atoms with van der Waals surface area (Å²) in [6, 6.07) is 0. The molecule has 4 nitrogen and oxygen atoms in total. The van der Waals surface area contributed by atoms with Crippen molar-refractivity contribution in [3.63, 3.8) is 0 Å². The molecule has 4 heteroatoms. The van der Waals surface area contributed by atoms with Crippen LogP contribution in [0, 0.1) is 17.3 Å². The normalized spacial score (nSPS) is 25.4. The molecule has 0 unspecified atom stereocenters. The third-order valence-corrected chi connectivity index (χ3v) is 3.24. The molecule has 1 aliphatic rings. The molecule has 0 aromatic carbocycles. The van der Waals surface area contributed by atoms with Gasteiger partial charge in [0.1, 0.15) is 0 Å². The number of carboxylic acids is 1. The van der Waals surface area contributed by atoms with Gasteiger partial charge >= 0.3 is 5.97 Å². The number of hydrogen-bond donors (Lipinski definition) is 2. The van der Waals surface area contributed by atoms with Gasteiger partial charge in [-0.15, -0.1) is 0 Å². The Morgan fingerprint density at radius 1 is 1.12 bits per heavy atom. The van der Waals surface area contributed by atoms with Crippen LogP contribution in [0.5, 0.6) is 0 Å². The molecule has 2 N–H and O–H groups in total. The van der Waals surface area contributed by atoms with E-state index in [2.05, 4.69) is 26.1 Å². The molecule has 0 atom stereocenters. The standard InChI is InChI=1S/C13H23NO3/c1-13(2,3)8-14-11(15)9-4-6-10(7-5-9)12(16)17/h9-10H,4-8H2,1-3H3,(H,14,15)(H,16,17). The summed E-state index contributed by atoms with van der Waals surface area (Å²) in [6.07, 6.45) is 2.66. The molecule has 0 radical (unpaired) electrons. The van der Waals surface area contributed by atoms with E-state index in [1.807, 2.05) is 0 Å². The van der Waals surface area contributed by atoms with Crippen LogP contribution in [0.25, 0.3) is 0 Å². The molecule has 0 aromatic rings. The van der Waals surface area contributed by atoms with Gasteiger partial charge in [-0.2, -0.15) is 0 Å². The van der Waals surface area contributed by atoms with Gasteiger partial charge in [-0.05, 0) is 31.1 Å². The van der Waals surface area contributed by atoms with E-state index in [9.17, 15) is 9.59 Å². The van der Waals surface area contributed by atoms with E-state index in [4.69, 9.17) is 5.11 Å². The van der Waals surface area contributed by atoms with Crippen molar-refractivity contribution >= 4 is 11.9 Å². The zero-order valence-electron chi connectivity index (χ0n) is 11.0. The monoisotopic (exact) mass is 241 g/mol. The van der Waals surface area contributed by atoms with Crippen LogP contribution in [0.2, 0.25) is 0 Å². The molecule has 98 valence electrons. The van der Waals surface area contributed by atoms with Gasteiger partial charge in [-0.25, -0.2) is 0 Å². The number of carbonyl (C=O) groups is 2. The molecule has 1 amide bonds. The molecule has 1 fully saturated rings. The van der Waals surface area contributed by atoms with E-state index >= 15 is 0 Å². The lowest BCUT2D eigenvalue weighted by Crippen LogP contribution is -2.38. The minimum atomic E-state index is -0.724. The van der Waals surface area contributed by atoms with E-state index in [0.29, 0.717) is 32.2 Å². The van der Waals surface area contributed by atoms with Crippen LogP contribution >= 0.6 is 0 Å². The molecule has 0 saturated heterocycles. The van der Waals surface area contributed by atoms with Gasteiger partial charge < -0.3 is 10.4 Å². The Kier molecular flexibility index (Phi) is 4.54. The van der Waals surface area contributed by atoms with Crippen molar-refractivity contribution in [2.75, 3.05) is 6.54 Å². The maximum absolute atomic E-state index is 11.9. The van der Waals surface area contributed by atoms with Crippen molar-refractivity contribution in [1.82, 2.24) is 5.32 Å². The van der Waals surface area contributed by atoms with Crippen LogP contribution in [0.15, 0.2) is 0 Å². The minimum absolute atomic E-state index is 0.00736. The Morgan fingerprint density at radius 3 is 2.00 bits per heavy atom. The second-order valence-electron chi connectivity index (χ2n) is 6.17. The number of amides is 1. The number of carboxylic acid groups (broad SMARTS) is 1. The first-order valence-electron chi connectivity index (χ1n) is 6.30. The van der Waals surface area contributed by atoms with Gasteiger partial charge in [0.2, 0.25) is 5.91 Å². The summed E-state index contributed by atoms with van der Waals surface area (Å²) in [5.74, 6) is -0.878. The van der Waals surface area contributed by atoms with Crippen molar-refractivity contribution in [2.45, 2.75) is 46.5 Å². The highest BCUT2D eigenvalue weighted by molar-refractivity contribution is 5.79. The second-order valence-corrected chi connectivity index (χ2v) is 6.17. The zero-order valence-corrected chi connectivity index (χ0v) is 11.0. The average Bonchev–Trinajstić information content (AvgIpc) is 2.25. The SMILES string of the molecule is CC(C)(C)CNC(=O)C1CCC(C(=O)O)CC1. The van der Waals surface area contributed by atoms with Crippen LogP contribution in [0.1, 0.15) is 46.5 Å². The van der Waals surface area contributed by atoms with Crippen molar-refractivity contribution in [3.8, 4) is 0 Å². The zero-order chi connectivity index (χ0) is 13.1. The Morgan fingerprint density at radius 2 is 1.59 bits per heavy atom. The quantitative estimate of drug-likeness (QED) is 0.794. The third kappa shape index (κ3) is 4.75. The Bertz CT molecular complexity index is 286. The summed E-state index contributed by atoms with van der Waals surface area (Å²) in [4.78, 5) is 22.7. The van der Waals surface area contributed by atoms with E-state index in [-0.39, 0.29) is 23.2 Å². The molecule has 1 saturated carbocycles. The first-order valence-corrected chi connectivity index (χ1v) is 6.30. The Hall–Kier alpha value is -1.06. The Labute approximate surface area is 103 Å². The summed E-state index contributed by atoms with van der Waals surface area (Å²) >= 11 is 0. The summed E-state index contributed by atoms with van der Waals surface area (Å²) in [5, 5.41) is 11.8. The van der Waals surface area contributed by atoms with Crippen LogP contribution in [0.4, 0.5) is 0 Å². The smallest absolute Gasteiger partial charge is 0.306 e. The van der Waals surface area contributed by atoms with Crippen LogP contribution in [-0.4, -0.2) is 23.5 Å². The molecule has 0 aromatic heterocycles. The van der Waals surface area contributed by atoms with Gasteiger partial charge in [0.25, 0.3) is 0 Å². The minimum Gasteiger partial charge on any atom is -0.481 e. The second kappa shape index (κ2) is 5.52. The first kappa shape index (κ1) is 14.0. The molecule has 1 aliphatic carbocycles. The summed E-state index contributed by atoms with van der Waals surface area (Å²) in [5.41, 5.74) is 0.0912. The number of carbonyl (C=O) groups excluding carboxylic acids is 1. The van der Waals surface area contributed by atoms with Crippen LogP contribution in [0.3, 0.4) is 0 Å². The summed E-state index contributed by atoms with van der Waals surface area (Å²) < 4.78 is 0. The molecule has 1 rings (SSSR count). The molecule has 0 aliphatic heterocycles. The molecular formula is C13H23NO3. The average molecular weight is 241 g/mol. The highest BCUT2D eigenvalue weighted by Gasteiger charge is 2.29.